The molecule has 164 valence electrons. The number of benzene rings is 1. The summed E-state index contributed by atoms with van der Waals surface area (Å²) in [4.78, 5) is 55.1. The molecule has 1 atom stereocenters. The van der Waals surface area contributed by atoms with E-state index in [-0.39, 0.29) is 32.0 Å². The fourth-order valence-electron chi connectivity index (χ4n) is 3.18. The number of amides is 1. The van der Waals surface area contributed by atoms with Crippen LogP contribution in [-0.4, -0.2) is 52.7 Å². The van der Waals surface area contributed by atoms with Gasteiger partial charge in [0.25, 0.3) is 10.2 Å². The van der Waals surface area contributed by atoms with Gasteiger partial charge in [-0.05, 0) is 49.8 Å². The number of ether oxygens (including phenoxy) is 1. The average molecular weight is 425 g/mol. The third-order valence-corrected chi connectivity index (χ3v) is 4.50. The smallest absolute Gasteiger partial charge is 0.334 e. The summed E-state index contributed by atoms with van der Waals surface area (Å²) in [6, 6.07) is 6.10. The first kappa shape index (κ1) is 22.8. The zero-order valence-corrected chi connectivity index (χ0v) is 16.3. The summed E-state index contributed by atoms with van der Waals surface area (Å²) in [6.07, 6.45) is 2.31. The van der Waals surface area contributed by atoms with E-state index in [9.17, 15) is 29.8 Å². The first-order valence-corrected chi connectivity index (χ1v) is 9.51. The van der Waals surface area contributed by atoms with E-state index in [2.05, 4.69) is 9.68 Å². The molecule has 0 N–H and O–H groups in total. The Kier molecular flexibility index (Phi) is 8.78. The third-order valence-electron chi connectivity index (χ3n) is 4.50. The lowest BCUT2D eigenvalue weighted by Gasteiger charge is -2.23. The van der Waals surface area contributed by atoms with Gasteiger partial charge in [0, 0.05) is 13.0 Å². The number of hydrogen-bond donors (Lipinski definition) is 0. The molecule has 0 bridgehead atoms. The Morgan fingerprint density at radius 1 is 1.10 bits per heavy atom. The molecule has 1 fully saturated rings. The van der Waals surface area contributed by atoms with Crippen molar-refractivity contribution in [3.05, 3.63) is 50.1 Å². The second-order valence-electron chi connectivity index (χ2n) is 6.63. The van der Waals surface area contributed by atoms with Crippen LogP contribution in [0.1, 0.15) is 37.7 Å². The summed E-state index contributed by atoms with van der Waals surface area (Å²) in [5.41, 5.74) is 0.831. The van der Waals surface area contributed by atoms with Crippen molar-refractivity contribution < 1.29 is 34.2 Å². The van der Waals surface area contributed by atoms with E-state index in [1.54, 1.807) is 18.2 Å². The van der Waals surface area contributed by atoms with Crippen LogP contribution in [0.3, 0.4) is 0 Å². The van der Waals surface area contributed by atoms with E-state index >= 15 is 0 Å². The number of aryl methyl sites for hydroxylation is 1. The SMILES string of the molecule is O=C(Oc1cccc(CCCO[N+](=O)[O-])c1)C1CCCN1C(=O)CCCO[N+](=O)[O-]. The van der Waals surface area contributed by atoms with Crippen molar-refractivity contribution in [2.75, 3.05) is 19.8 Å². The normalized spacial score (nSPS) is 15.5. The van der Waals surface area contributed by atoms with Crippen LogP contribution >= 0.6 is 0 Å². The third kappa shape index (κ3) is 7.53. The quantitative estimate of drug-likeness (QED) is 0.160. The van der Waals surface area contributed by atoms with E-state index in [4.69, 9.17) is 4.74 Å². The van der Waals surface area contributed by atoms with Crippen molar-refractivity contribution in [1.29, 1.82) is 0 Å². The number of esters is 1. The maximum absolute atomic E-state index is 12.6. The van der Waals surface area contributed by atoms with Gasteiger partial charge in [0.05, 0.1) is 13.2 Å². The predicted octanol–water partition coefficient (Wildman–Crippen LogP) is 1.71. The van der Waals surface area contributed by atoms with Gasteiger partial charge in [0.1, 0.15) is 11.8 Å². The van der Waals surface area contributed by atoms with Crippen molar-refractivity contribution in [2.45, 2.75) is 44.6 Å². The van der Waals surface area contributed by atoms with Gasteiger partial charge in [-0.15, -0.1) is 20.2 Å². The van der Waals surface area contributed by atoms with Crippen LogP contribution in [0.25, 0.3) is 0 Å². The molecule has 30 heavy (non-hydrogen) atoms. The Bertz CT molecular complexity index is 771. The van der Waals surface area contributed by atoms with Gasteiger partial charge >= 0.3 is 5.97 Å². The molecule has 12 nitrogen and oxygen atoms in total. The van der Waals surface area contributed by atoms with Crippen LogP contribution in [0, 0.1) is 20.2 Å². The number of carbonyl (C=O) groups excluding carboxylic acids is 2. The van der Waals surface area contributed by atoms with Gasteiger partial charge in [-0.25, -0.2) is 4.79 Å². The molecule has 1 amide bonds. The standard InChI is InChI=1S/C18H23N3O9/c22-17(9-4-12-29-21(26)27)19-10-2-8-16(19)18(23)30-15-7-1-5-14(13-15)6-3-11-28-20(24)25/h1,5,7,13,16H,2-4,6,8-12H2. The molecule has 1 unspecified atom stereocenters. The Hall–Kier alpha value is -3.44. The number of nitrogens with zero attached hydrogens (tertiary/aromatic N) is 3. The van der Waals surface area contributed by atoms with Gasteiger partial charge in [0.2, 0.25) is 5.91 Å². The van der Waals surface area contributed by atoms with Gasteiger partial charge < -0.3 is 19.3 Å². The molecule has 0 spiro atoms. The van der Waals surface area contributed by atoms with Crippen LogP contribution in [0.15, 0.2) is 24.3 Å². The molecule has 1 saturated heterocycles. The maximum Gasteiger partial charge on any atom is 0.334 e. The lowest BCUT2D eigenvalue weighted by molar-refractivity contribution is -0.757. The summed E-state index contributed by atoms with van der Waals surface area (Å²) in [7, 11) is 0. The fraction of sp³-hybridized carbons (Fsp3) is 0.556. The minimum absolute atomic E-state index is 0.0249. The molecular formula is C18H23N3O9. The van der Waals surface area contributed by atoms with Crippen LogP contribution < -0.4 is 4.74 Å². The van der Waals surface area contributed by atoms with Gasteiger partial charge in [-0.2, -0.15) is 0 Å². The molecule has 1 aliphatic heterocycles. The first-order valence-electron chi connectivity index (χ1n) is 9.51. The molecular weight excluding hydrogens is 402 g/mol. The molecule has 0 saturated carbocycles. The monoisotopic (exact) mass is 425 g/mol. The minimum Gasteiger partial charge on any atom is -0.425 e. The maximum atomic E-state index is 12.6. The summed E-state index contributed by atoms with van der Waals surface area (Å²) < 4.78 is 5.43. The summed E-state index contributed by atoms with van der Waals surface area (Å²) in [6.45, 7) is 0.217. The van der Waals surface area contributed by atoms with E-state index in [1.165, 1.54) is 4.90 Å². The van der Waals surface area contributed by atoms with Crippen molar-refractivity contribution in [1.82, 2.24) is 4.90 Å². The molecule has 1 aliphatic rings. The highest BCUT2D eigenvalue weighted by Crippen LogP contribution is 2.22. The highest BCUT2D eigenvalue weighted by Gasteiger charge is 2.35. The molecule has 1 aromatic carbocycles. The highest BCUT2D eigenvalue weighted by atomic mass is 17.0. The summed E-state index contributed by atoms with van der Waals surface area (Å²) >= 11 is 0. The Balaban J connectivity index is 1.85. The largest absolute Gasteiger partial charge is 0.425 e. The lowest BCUT2D eigenvalue weighted by atomic mass is 10.1. The van der Waals surface area contributed by atoms with Crippen molar-refractivity contribution in [3.8, 4) is 5.75 Å². The van der Waals surface area contributed by atoms with Crippen LogP contribution in [-0.2, 0) is 25.7 Å². The van der Waals surface area contributed by atoms with E-state index in [0.29, 0.717) is 38.0 Å². The minimum atomic E-state index is -0.913. The predicted molar refractivity (Wildman–Crippen MR) is 100 cm³/mol. The average Bonchev–Trinajstić information content (AvgIpc) is 3.18. The number of likely N-dealkylation sites (tertiary alicyclic amines) is 1. The summed E-state index contributed by atoms with van der Waals surface area (Å²) in [5.74, 6) is -0.497. The van der Waals surface area contributed by atoms with E-state index in [0.717, 1.165) is 5.56 Å². The second kappa shape index (κ2) is 11.5. The molecule has 12 heteroatoms. The molecule has 1 heterocycles. The Morgan fingerprint density at radius 3 is 2.50 bits per heavy atom. The van der Waals surface area contributed by atoms with Crippen molar-refractivity contribution in [2.24, 2.45) is 0 Å². The van der Waals surface area contributed by atoms with Crippen molar-refractivity contribution >= 4 is 11.9 Å². The second-order valence-corrected chi connectivity index (χ2v) is 6.63. The van der Waals surface area contributed by atoms with Crippen LogP contribution in [0.5, 0.6) is 5.75 Å². The zero-order valence-electron chi connectivity index (χ0n) is 16.3. The lowest BCUT2D eigenvalue weighted by Crippen LogP contribution is -2.42. The molecule has 0 aliphatic carbocycles. The Labute approximate surface area is 171 Å². The number of rotatable bonds is 12. The molecule has 0 aromatic heterocycles. The summed E-state index contributed by atoms with van der Waals surface area (Å²) in [5, 5.41) is 18.5. The first-order chi connectivity index (χ1) is 14.4. The highest BCUT2D eigenvalue weighted by molar-refractivity contribution is 5.86. The van der Waals surface area contributed by atoms with Gasteiger partial charge in [-0.3, -0.25) is 4.79 Å². The topological polar surface area (TPSA) is 151 Å². The van der Waals surface area contributed by atoms with Crippen LogP contribution in [0.4, 0.5) is 0 Å². The van der Waals surface area contributed by atoms with E-state index < -0.39 is 22.2 Å². The molecule has 2 rings (SSSR count). The molecule has 0 radical (unpaired) electrons. The number of carbonyl (C=O) groups is 2. The van der Waals surface area contributed by atoms with Gasteiger partial charge in [0.15, 0.2) is 0 Å². The zero-order chi connectivity index (χ0) is 21.9. The van der Waals surface area contributed by atoms with E-state index in [1.807, 2.05) is 6.07 Å². The fourth-order valence-corrected chi connectivity index (χ4v) is 3.18. The van der Waals surface area contributed by atoms with Gasteiger partial charge in [-0.1, -0.05) is 12.1 Å². The number of hydrogen-bond acceptors (Lipinski definition) is 9. The van der Waals surface area contributed by atoms with Crippen LogP contribution in [0.2, 0.25) is 0 Å². The van der Waals surface area contributed by atoms with Crippen molar-refractivity contribution in [3.63, 3.8) is 0 Å². The molecule has 1 aromatic rings. The Morgan fingerprint density at radius 2 is 1.80 bits per heavy atom.